The van der Waals surface area contributed by atoms with Gasteiger partial charge in [0.25, 0.3) is 0 Å². The van der Waals surface area contributed by atoms with Crippen molar-refractivity contribution in [2.45, 2.75) is 44.9 Å². The van der Waals surface area contributed by atoms with Crippen molar-refractivity contribution in [2.75, 3.05) is 18.0 Å². The van der Waals surface area contributed by atoms with Gasteiger partial charge in [0, 0.05) is 18.5 Å². The molecular formula is C18H18BrClFIN4O2. The number of anilines is 1. The van der Waals surface area contributed by atoms with Gasteiger partial charge >= 0.3 is 6.09 Å². The number of piperazine rings is 1. The highest BCUT2D eigenvalue weighted by atomic mass is 127. The van der Waals surface area contributed by atoms with Crippen LogP contribution in [0.4, 0.5) is 15.0 Å². The first-order valence-electron chi connectivity index (χ1n) is 8.82. The Kier molecular flexibility index (Phi) is 5.15. The third-order valence-corrected chi connectivity index (χ3v) is 6.60. The summed E-state index contributed by atoms with van der Waals surface area (Å²) < 4.78 is 20.6. The summed E-state index contributed by atoms with van der Waals surface area (Å²) in [5.41, 5.74) is -0.0816. The number of carbonyl (C=O) groups excluding carboxylic acids is 1. The van der Waals surface area contributed by atoms with Gasteiger partial charge in [-0.3, -0.25) is 0 Å². The molecule has 2 bridgehead atoms. The molecule has 0 spiro atoms. The average Bonchev–Trinajstić information content (AvgIpc) is 3.19. The molecule has 2 atom stereocenters. The van der Waals surface area contributed by atoms with Gasteiger partial charge in [-0.05, 0) is 83.4 Å². The monoisotopic (exact) mass is 582 g/mol. The van der Waals surface area contributed by atoms with Crippen molar-refractivity contribution < 1.29 is 13.9 Å². The van der Waals surface area contributed by atoms with Crippen LogP contribution in [0, 0.1) is 9.39 Å². The Hall–Kier alpha value is -0.940. The number of likely N-dealkylation sites (tertiary alicyclic amines) is 1. The van der Waals surface area contributed by atoms with Crippen molar-refractivity contribution in [3.8, 4) is 0 Å². The highest BCUT2D eigenvalue weighted by Gasteiger charge is 2.47. The lowest BCUT2D eigenvalue weighted by molar-refractivity contribution is 0.0214. The molecule has 28 heavy (non-hydrogen) atoms. The lowest BCUT2D eigenvalue weighted by Crippen LogP contribution is -2.50. The Bertz CT molecular complexity index is 986. The van der Waals surface area contributed by atoms with Gasteiger partial charge in [0.1, 0.15) is 11.4 Å². The fourth-order valence-electron chi connectivity index (χ4n) is 3.82. The van der Waals surface area contributed by atoms with E-state index in [1.54, 1.807) is 11.0 Å². The predicted octanol–water partition coefficient (Wildman–Crippen LogP) is 4.99. The van der Waals surface area contributed by atoms with Gasteiger partial charge in [-0.2, -0.15) is 4.98 Å². The summed E-state index contributed by atoms with van der Waals surface area (Å²) in [6.07, 6.45) is 0.548. The predicted molar refractivity (Wildman–Crippen MR) is 117 cm³/mol. The number of rotatable bonds is 1. The van der Waals surface area contributed by atoms with Crippen molar-refractivity contribution in [3.05, 3.63) is 25.2 Å². The standard InChI is InChI=1S/C18H18BrClFIN4O2/c1-18(2,3)28-17(27)26-7-8-4-9(26)6-25(8)15-10-5-11(22)13(21)12(19)14(10)23-16(20)24-15/h5,8-9H,4,6-7H2,1-3H3. The molecule has 10 heteroatoms. The highest BCUT2D eigenvalue weighted by molar-refractivity contribution is 14.1. The van der Waals surface area contributed by atoms with Crippen molar-refractivity contribution >= 4 is 72.9 Å². The number of aromatic nitrogens is 2. The third-order valence-electron chi connectivity index (χ3n) is 4.92. The van der Waals surface area contributed by atoms with E-state index in [0.29, 0.717) is 28.0 Å². The first kappa shape index (κ1) is 20.3. The smallest absolute Gasteiger partial charge is 0.410 e. The van der Waals surface area contributed by atoms with Crippen LogP contribution in [0.5, 0.6) is 0 Å². The lowest BCUT2D eigenvalue weighted by Gasteiger charge is -2.36. The van der Waals surface area contributed by atoms with Gasteiger partial charge in [-0.15, -0.1) is 0 Å². The van der Waals surface area contributed by atoms with Crippen LogP contribution in [-0.2, 0) is 4.74 Å². The second-order valence-corrected chi connectivity index (χ2v) is 10.3. The third kappa shape index (κ3) is 3.54. The quantitative estimate of drug-likeness (QED) is 0.269. The van der Waals surface area contributed by atoms with Crippen molar-refractivity contribution in [1.82, 2.24) is 14.9 Å². The van der Waals surface area contributed by atoms with Gasteiger partial charge in [0.15, 0.2) is 5.82 Å². The number of benzene rings is 1. The molecule has 0 N–H and O–H groups in total. The first-order chi connectivity index (χ1) is 13.0. The van der Waals surface area contributed by atoms with Crippen LogP contribution in [0.15, 0.2) is 10.5 Å². The molecule has 0 aliphatic carbocycles. The molecule has 2 aliphatic rings. The molecule has 2 aliphatic heterocycles. The molecule has 0 radical (unpaired) electrons. The topological polar surface area (TPSA) is 58.6 Å². The summed E-state index contributed by atoms with van der Waals surface area (Å²) >= 11 is 11.4. The molecule has 150 valence electrons. The zero-order chi connectivity index (χ0) is 20.4. The average molecular weight is 584 g/mol. The number of hydrogen-bond donors (Lipinski definition) is 0. The Morgan fingerprint density at radius 3 is 2.68 bits per heavy atom. The number of nitrogens with zero attached hydrogens (tertiary/aromatic N) is 4. The van der Waals surface area contributed by atoms with E-state index in [9.17, 15) is 9.18 Å². The molecular weight excluding hydrogens is 565 g/mol. The summed E-state index contributed by atoms with van der Waals surface area (Å²) in [5.74, 6) is 0.304. The van der Waals surface area contributed by atoms with E-state index in [1.165, 1.54) is 0 Å². The van der Waals surface area contributed by atoms with Crippen molar-refractivity contribution in [2.24, 2.45) is 0 Å². The number of hydrogen-bond acceptors (Lipinski definition) is 5. The Morgan fingerprint density at radius 1 is 1.36 bits per heavy atom. The van der Waals surface area contributed by atoms with Gasteiger partial charge in [0.05, 0.1) is 25.6 Å². The SMILES string of the molecule is CC(C)(C)OC(=O)N1CC2CC1CN2c1nc(Cl)nc2c(Br)c(F)c(I)cc12. The van der Waals surface area contributed by atoms with Crippen molar-refractivity contribution in [3.63, 3.8) is 0 Å². The maximum Gasteiger partial charge on any atom is 0.410 e. The maximum atomic E-state index is 14.3. The molecule has 2 saturated heterocycles. The number of amides is 1. The van der Waals surface area contributed by atoms with Crippen LogP contribution >= 0.6 is 50.1 Å². The summed E-state index contributed by atoms with van der Waals surface area (Å²) in [6.45, 7) is 6.76. The molecule has 1 aromatic heterocycles. The lowest BCUT2D eigenvalue weighted by atomic mass is 10.2. The fraction of sp³-hybridized carbons (Fsp3) is 0.500. The number of fused-ring (bicyclic) bond motifs is 3. The highest BCUT2D eigenvalue weighted by Crippen LogP contribution is 2.40. The Morgan fingerprint density at radius 2 is 2.07 bits per heavy atom. The summed E-state index contributed by atoms with van der Waals surface area (Å²) in [5, 5.41) is 0.800. The normalized spacial score (nSPS) is 21.7. The van der Waals surface area contributed by atoms with E-state index in [4.69, 9.17) is 16.3 Å². The molecule has 3 heterocycles. The molecule has 4 rings (SSSR count). The Balaban J connectivity index is 1.66. The zero-order valence-electron chi connectivity index (χ0n) is 15.5. The van der Waals surface area contributed by atoms with Crippen LogP contribution in [0.2, 0.25) is 5.28 Å². The van der Waals surface area contributed by atoms with Crippen LogP contribution in [0.3, 0.4) is 0 Å². The minimum absolute atomic E-state index is 0.0478. The van der Waals surface area contributed by atoms with E-state index >= 15 is 0 Å². The summed E-state index contributed by atoms with van der Waals surface area (Å²) in [7, 11) is 0. The molecule has 6 nitrogen and oxygen atoms in total. The summed E-state index contributed by atoms with van der Waals surface area (Å²) in [6, 6.07) is 1.89. The molecule has 2 fully saturated rings. The second kappa shape index (κ2) is 7.09. The molecule has 2 aromatic rings. The zero-order valence-corrected chi connectivity index (χ0v) is 20.0. The van der Waals surface area contributed by atoms with Crippen LogP contribution in [-0.4, -0.2) is 51.7 Å². The number of halogens is 4. The van der Waals surface area contributed by atoms with Crippen LogP contribution in [0.1, 0.15) is 27.2 Å². The molecule has 1 aromatic carbocycles. The Labute approximate surface area is 189 Å². The number of ether oxygens (including phenoxy) is 1. The van der Waals surface area contributed by atoms with Crippen LogP contribution in [0.25, 0.3) is 10.9 Å². The maximum absolute atomic E-state index is 14.3. The van der Waals surface area contributed by atoms with E-state index in [0.717, 1.165) is 11.8 Å². The van der Waals surface area contributed by atoms with Gasteiger partial charge < -0.3 is 14.5 Å². The largest absolute Gasteiger partial charge is 0.444 e. The molecule has 0 saturated carbocycles. The van der Waals surface area contributed by atoms with E-state index in [-0.39, 0.29) is 33.8 Å². The first-order valence-corrected chi connectivity index (χ1v) is 11.1. The summed E-state index contributed by atoms with van der Waals surface area (Å²) in [4.78, 5) is 25.1. The van der Waals surface area contributed by atoms with E-state index < -0.39 is 5.60 Å². The minimum Gasteiger partial charge on any atom is -0.444 e. The van der Waals surface area contributed by atoms with E-state index in [2.05, 4.69) is 30.8 Å². The van der Waals surface area contributed by atoms with Gasteiger partial charge in [-0.1, -0.05) is 0 Å². The number of carbonyl (C=O) groups is 1. The molecule has 1 amide bonds. The molecule has 2 unspecified atom stereocenters. The van der Waals surface area contributed by atoms with E-state index in [1.807, 2.05) is 43.4 Å². The second-order valence-electron chi connectivity index (χ2n) is 8.03. The van der Waals surface area contributed by atoms with Crippen molar-refractivity contribution in [1.29, 1.82) is 0 Å². The van der Waals surface area contributed by atoms with Gasteiger partial charge in [-0.25, -0.2) is 14.2 Å². The minimum atomic E-state index is -0.526. The fourth-order valence-corrected chi connectivity index (χ4v) is 5.45. The van der Waals surface area contributed by atoms with Gasteiger partial charge in [0.2, 0.25) is 5.28 Å². The van der Waals surface area contributed by atoms with Crippen LogP contribution < -0.4 is 4.90 Å².